The lowest BCUT2D eigenvalue weighted by molar-refractivity contribution is 0.601. The Bertz CT molecular complexity index is 668. The van der Waals surface area contributed by atoms with Crippen LogP contribution in [0, 0.1) is 0 Å². The summed E-state index contributed by atoms with van der Waals surface area (Å²) in [4.78, 5) is 3.91. The maximum absolute atomic E-state index is 12.2. The van der Waals surface area contributed by atoms with Crippen molar-refractivity contribution in [2.75, 3.05) is 17.1 Å². The third-order valence-corrected chi connectivity index (χ3v) is 4.81. The Labute approximate surface area is 115 Å². The normalized spacial score (nSPS) is 11.3. The summed E-state index contributed by atoms with van der Waals surface area (Å²) in [7, 11) is -2.07. The number of pyridine rings is 1. The Balaban J connectivity index is 2.32. The highest BCUT2D eigenvalue weighted by Crippen LogP contribution is 2.24. The molecule has 0 bridgehead atoms. The standard InChI is InChI=1S/C10H13N5O2S2/c1-3-9-13-14-10(18-9)15-19(16,17)8-6-12-5-4-7(8)11-2/h4-6H,3H2,1-2H3,(H,11,12)(H,14,15). The number of hydrogen-bond acceptors (Lipinski definition) is 7. The zero-order valence-corrected chi connectivity index (χ0v) is 12.0. The summed E-state index contributed by atoms with van der Waals surface area (Å²) in [6, 6.07) is 1.59. The second-order valence-electron chi connectivity index (χ2n) is 3.58. The second kappa shape index (κ2) is 5.49. The van der Waals surface area contributed by atoms with E-state index in [0.29, 0.717) is 12.1 Å². The van der Waals surface area contributed by atoms with Gasteiger partial charge in [0.05, 0.1) is 5.69 Å². The van der Waals surface area contributed by atoms with Crippen molar-refractivity contribution in [3.63, 3.8) is 0 Å². The molecule has 0 amide bonds. The fraction of sp³-hybridized carbons (Fsp3) is 0.300. The molecule has 0 fully saturated rings. The van der Waals surface area contributed by atoms with Crippen molar-refractivity contribution < 1.29 is 8.42 Å². The number of aromatic nitrogens is 3. The zero-order valence-electron chi connectivity index (χ0n) is 10.4. The third kappa shape index (κ3) is 2.99. The average Bonchev–Trinajstić information content (AvgIpc) is 2.85. The first-order valence-corrected chi connectivity index (χ1v) is 7.83. The van der Waals surface area contributed by atoms with E-state index in [1.54, 1.807) is 13.1 Å². The van der Waals surface area contributed by atoms with E-state index in [1.807, 2.05) is 6.92 Å². The van der Waals surface area contributed by atoms with Crippen LogP contribution in [0.15, 0.2) is 23.4 Å². The summed E-state index contributed by atoms with van der Waals surface area (Å²) in [5.41, 5.74) is 0.475. The monoisotopic (exact) mass is 299 g/mol. The third-order valence-electron chi connectivity index (χ3n) is 2.33. The van der Waals surface area contributed by atoms with Crippen molar-refractivity contribution in [1.29, 1.82) is 0 Å². The van der Waals surface area contributed by atoms with Gasteiger partial charge in [0.2, 0.25) is 5.13 Å². The maximum Gasteiger partial charge on any atom is 0.267 e. The first-order chi connectivity index (χ1) is 9.06. The van der Waals surface area contributed by atoms with Gasteiger partial charge in [0.1, 0.15) is 9.90 Å². The van der Waals surface area contributed by atoms with E-state index in [1.165, 1.54) is 23.7 Å². The van der Waals surface area contributed by atoms with Gasteiger partial charge in [-0.15, -0.1) is 10.2 Å². The molecule has 0 saturated heterocycles. The van der Waals surface area contributed by atoms with Gasteiger partial charge in [-0.1, -0.05) is 18.3 Å². The Kier molecular flexibility index (Phi) is 3.96. The van der Waals surface area contributed by atoms with Crippen LogP contribution < -0.4 is 10.0 Å². The van der Waals surface area contributed by atoms with Gasteiger partial charge >= 0.3 is 0 Å². The second-order valence-corrected chi connectivity index (χ2v) is 6.29. The van der Waals surface area contributed by atoms with Crippen LogP contribution in [0.4, 0.5) is 10.8 Å². The van der Waals surface area contributed by atoms with E-state index in [-0.39, 0.29) is 10.0 Å². The molecule has 0 aromatic carbocycles. The molecule has 0 atom stereocenters. The van der Waals surface area contributed by atoms with Gasteiger partial charge in [-0.3, -0.25) is 9.71 Å². The van der Waals surface area contributed by atoms with Crippen molar-refractivity contribution in [3.05, 3.63) is 23.5 Å². The lowest BCUT2D eigenvalue weighted by atomic mass is 10.4. The number of aryl methyl sites for hydroxylation is 1. The van der Waals surface area contributed by atoms with Gasteiger partial charge in [-0.2, -0.15) is 0 Å². The topological polar surface area (TPSA) is 96.9 Å². The molecule has 0 spiro atoms. The zero-order chi connectivity index (χ0) is 13.9. The number of nitrogens with one attached hydrogen (secondary N) is 2. The van der Waals surface area contributed by atoms with Crippen molar-refractivity contribution in [2.24, 2.45) is 0 Å². The summed E-state index contributed by atoms with van der Waals surface area (Å²) in [6.45, 7) is 1.93. The van der Waals surface area contributed by atoms with Crippen LogP contribution >= 0.6 is 11.3 Å². The van der Waals surface area contributed by atoms with E-state index in [2.05, 4.69) is 25.2 Å². The number of rotatable bonds is 5. The molecule has 7 nitrogen and oxygen atoms in total. The van der Waals surface area contributed by atoms with Crippen LogP contribution in [0.3, 0.4) is 0 Å². The van der Waals surface area contributed by atoms with Crippen molar-refractivity contribution >= 4 is 32.2 Å². The first-order valence-electron chi connectivity index (χ1n) is 5.53. The smallest absolute Gasteiger partial charge is 0.267 e. The van der Waals surface area contributed by atoms with Crippen molar-refractivity contribution in [2.45, 2.75) is 18.2 Å². The Morgan fingerprint density at radius 3 is 2.79 bits per heavy atom. The molecule has 19 heavy (non-hydrogen) atoms. The van der Waals surface area contributed by atoms with Crippen LogP contribution in [0.2, 0.25) is 0 Å². The van der Waals surface area contributed by atoms with Crippen LogP contribution in [-0.2, 0) is 16.4 Å². The number of nitrogens with zero attached hydrogens (tertiary/aromatic N) is 3. The minimum atomic E-state index is -3.72. The van der Waals surface area contributed by atoms with E-state index in [0.717, 1.165) is 5.01 Å². The summed E-state index contributed by atoms with van der Waals surface area (Å²) >= 11 is 1.21. The van der Waals surface area contributed by atoms with Gasteiger partial charge in [-0.25, -0.2) is 8.42 Å². The molecule has 0 saturated carbocycles. The number of anilines is 2. The predicted molar refractivity (Wildman–Crippen MR) is 73.9 cm³/mol. The first kappa shape index (κ1) is 13.7. The molecule has 2 aromatic rings. The van der Waals surface area contributed by atoms with Gasteiger partial charge in [0, 0.05) is 19.4 Å². The summed E-state index contributed by atoms with van der Waals surface area (Å²) < 4.78 is 26.9. The highest BCUT2D eigenvalue weighted by molar-refractivity contribution is 7.93. The molecule has 2 rings (SSSR count). The minimum absolute atomic E-state index is 0.0748. The quantitative estimate of drug-likeness (QED) is 0.864. The maximum atomic E-state index is 12.2. The summed E-state index contributed by atoms with van der Waals surface area (Å²) in [5.74, 6) is 0. The molecule has 0 aliphatic carbocycles. The Morgan fingerprint density at radius 2 is 2.16 bits per heavy atom. The summed E-state index contributed by atoms with van der Waals surface area (Å²) in [5, 5.41) is 11.5. The highest BCUT2D eigenvalue weighted by Gasteiger charge is 2.20. The van der Waals surface area contributed by atoms with Gasteiger partial charge < -0.3 is 5.32 Å². The molecule has 102 valence electrons. The minimum Gasteiger partial charge on any atom is -0.387 e. The van der Waals surface area contributed by atoms with E-state index < -0.39 is 10.0 Å². The van der Waals surface area contributed by atoms with Gasteiger partial charge in [0.25, 0.3) is 10.0 Å². The highest BCUT2D eigenvalue weighted by atomic mass is 32.2. The predicted octanol–water partition coefficient (Wildman–Crippen LogP) is 1.34. The van der Waals surface area contributed by atoms with E-state index in [4.69, 9.17) is 0 Å². The van der Waals surface area contributed by atoms with Gasteiger partial charge in [-0.05, 0) is 12.5 Å². The molecule has 2 N–H and O–H groups in total. The number of hydrogen-bond donors (Lipinski definition) is 2. The molecule has 9 heteroatoms. The molecular weight excluding hydrogens is 286 g/mol. The molecule has 2 heterocycles. The lowest BCUT2D eigenvalue weighted by Gasteiger charge is -2.08. The van der Waals surface area contributed by atoms with Crippen molar-refractivity contribution in [3.8, 4) is 0 Å². The fourth-order valence-electron chi connectivity index (χ4n) is 1.41. The lowest BCUT2D eigenvalue weighted by Crippen LogP contribution is -2.15. The van der Waals surface area contributed by atoms with Crippen LogP contribution in [0.25, 0.3) is 0 Å². The fourth-order valence-corrected chi connectivity index (χ4v) is 3.47. The SMILES string of the molecule is CCc1nnc(NS(=O)(=O)c2cnccc2NC)s1. The molecule has 0 unspecified atom stereocenters. The van der Waals surface area contributed by atoms with E-state index in [9.17, 15) is 8.42 Å². The molecule has 0 aliphatic rings. The molecule has 2 aromatic heterocycles. The Morgan fingerprint density at radius 1 is 1.37 bits per heavy atom. The van der Waals surface area contributed by atoms with E-state index >= 15 is 0 Å². The summed E-state index contributed by atoms with van der Waals surface area (Å²) in [6.07, 6.45) is 3.52. The molecule has 0 aliphatic heterocycles. The average molecular weight is 299 g/mol. The van der Waals surface area contributed by atoms with Gasteiger partial charge in [0.15, 0.2) is 0 Å². The Hall–Kier alpha value is -1.74. The molecular formula is C10H13N5O2S2. The molecule has 0 radical (unpaired) electrons. The number of sulfonamides is 1. The largest absolute Gasteiger partial charge is 0.387 e. The van der Waals surface area contributed by atoms with Crippen LogP contribution in [0.1, 0.15) is 11.9 Å². The van der Waals surface area contributed by atoms with Crippen LogP contribution in [-0.4, -0.2) is 30.6 Å². The van der Waals surface area contributed by atoms with Crippen LogP contribution in [0.5, 0.6) is 0 Å². The van der Waals surface area contributed by atoms with Crippen molar-refractivity contribution in [1.82, 2.24) is 15.2 Å².